The summed E-state index contributed by atoms with van der Waals surface area (Å²) in [7, 11) is 0. The van der Waals surface area contributed by atoms with E-state index >= 15 is 0 Å². The maximum Gasteiger partial charge on any atom is 0.222 e. The molecule has 1 amide bonds. The number of amides is 1. The highest BCUT2D eigenvalue weighted by Gasteiger charge is 2.04. The minimum Gasteiger partial charge on any atom is -0.382 e. The maximum atomic E-state index is 11.3. The minimum atomic E-state index is 0.0283. The second-order valence-electron chi connectivity index (χ2n) is 4.54. The van der Waals surface area contributed by atoms with Gasteiger partial charge in [-0.2, -0.15) is 0 Å². The zero-order valence-corrected chi connectivity index (χ0v) is 12.4. The second kappa shape index (κ2) is 11.8. The third-order valence-electron chi connectivity index (χ3n) is 2.42. The SMILES string of the molecule is CCOCCCNC(N)=NCCCNC(=O)C(C)C. The molecule has 19 heavy (non-hydrogen) atoms. The summed E-state index contributed by atoms with van der Waals surface area (Å²) in [4.78, 5) is 15.4. The van der Waals surface area contributed by atoms with Gasteiger partial charge in [0.1, 0.15) is 0 Å². The predicted octanol–water partition coefficient (Wildman–Crippen LogP) is 0.480. The van der Waals surface area contributed by atoms with E-state index in [-0.39, 0.29) is 11.8 Å². The summed E-state index contributed by atoms with van der Waals surface area (Å²) >= 11 is 0. The summed E-state index contributed by atoms with van der Waals surface area (Å²) in [6.07, 6.45) is 1.70. The quantitative estimate of drug-likeness (QED) is 0.306. The van der Waals surface area contributed by atoms with Crippen molar-refractivity contribution in [1.29, 1.82) is 0 Å². The van der Waals surface area contributed by atoms with Gasteiger partial charge in [-0.15, -0.1) is 0 Å². The highest BCUT2D eigenvalue weighted by Crippen LogP contribution is 1.90. The lowest BCUT2D eigenvalue weighted by molar-refractivity contribution is -0.123. The smallest absolute Gasteiger partial charge is 0.222 e. The Morgan fingerprint density at radius 3 is 2.58 bits per heavy atom. The molecule has 0 saturated heterocycles. The van der Waals surface area contributed by atoms with E-state index in [0.717, 1.165) is 32.6 Å². The summed E-state index contributed by atoms with van der Waals surface area (Å²) in [5.41, 5.74) is 5.69. The van der Waals surface area contributed by atoms with Gasteiger partial charge in [0.05, 0.1) is 0 Å². The summed E-state index contributed by atoms with van der Waals surface area (Å²) in [6, 6.07) is 0. The molecular weight excluding hydrogens is 244 g/mol. The van der Waals surface area contributed by atoms with E-state index in [4.69, 9.17) is 10.5 Å². The molecular formula is C13H28N4O2. The molecule has 0 rings (SSSR count). The Bertz CT molecular complexity index is 267. The van der Waals surface area contributed by atoms with Gasteiger partial charge in [-0.3, -0.25) is 9.79 Å². The van der Waals surface area contributed by atoms with Crippen LogP contribution in [0.5, 0.6) is 0 Å². The fourth-order valence-electron chi connectivity index (χ4n) is 1.29. The van der Waals surface area contributed by atoms with Gasteiger partial charge < -0.3 is 21.1 Å². The van der Waals surface area contributed by atoms with Crippen LogP contribution in [0.1, 0.15) is 33.6 Å². The summed E-state index contributed by atoms with van der Waals surface area (Å²) in [5.74, 6) is 0.554. The van der Waals surface area contributed by atoms with Gasteiger partial charge in [0.25, 0.3) is 0 Å². The van der Waals surface area contributed by atoms with E-state index in [1.165, 1.54) is 0 Å². The zero-order chi connectivity index (χ0) is 14.5. The number of nitrogens with zero attached hydrogens (tertiary/aromatic N) is 1. The second-order valence-corrected chi connectivity index (χ2v) is 4.54. The number of hydrogen-bond donors (Lipinski definition) is 3. The molecule has 4 N–H and O–H groups in total. The number of aliphatic imine (C=N–C) groups is 1. The Morgan fingerprint density at radius 1 is 1.26 bits per heavy atom. The number of carbonyl (C=O) groups excluding carboxylic acids is 1. The zero-order valence-electron chi connectivity index (χ0n) is 12.4. The third kappa shape index (κ3) is 11.5. The Kier molecular flexibility index (Phi) is 11.0. The summed E-state index contributed by atoms with van der Waals surface area (Å²) in [5, 5.41) is 5.86. The standard InChI is InChI=1S/C13H28N4O2/c1-4-19-10-6-9-17-13(14)16-8-5-7-15-12(18)11(2)3/h11H,4-10H2,1-3H3,(H,15,18)(H3,14,16,17). The monoisotopic (exact) mass is 272 g/mol. The Balaban J connectivity index is 3.46. The van der Waals surface area contributed by atoms with Crippen LogP contribution in [0.15, 0.2) is 4.99 Å². The van der Waals surface area contributed by atoms with Crippen molar-refractivity contribution in [2.75, 3.05) is 32.8 Å². The first-order valence-corrected chi connectivity index (χ1v) is 6.97. The van der Waals surface area contributed by atoms with Crippen molar-refractivity contribution in [1.82, 2.24) is 10.6 Å². The van der Waals surface area contributed by atoms with E-state index in [9.17, 15) is 4.79 Å². The third-order valence-corrected chi connectivity index (χ3v) is 2.42. The first-order valence-electron chi connectivity index (χ1n) is 6.97. The van der Waals surface area contributed by atoms with E-state index in [1.54, 1.807) is 0 Å². The molecule has 6 nitrogen and oxygen atoms in total. The van der Waals surface area contributed by atoms with Gasteiger partial charge in [-0.05, 0) is 19.8 Å². The van der Waals surface area contributed by atoms with Crippen LogP contribution in [-0.4, -0.2) is 44.7 Å². The van der Waals surface area contributed by atoms with Crippen LogP contribution in [0, 0.1) is 5.92 Å². The van der Waals surface area contributed by atoms with Crippen molar-refractivity contribution in [3.05, 3.63) is 0 Å². The van der Waals surface area contributed by atoms with Crippen LogP contribution < -0.4 is 16.4 Å². The lowest BCUT2D eigenvalue weighted by Crippen LogP contribution is -2.33. The number of rotatable bonds is 10. The molecule has 0 bridgehead atoms. The molecule has 0 aromatic heterocycles. The Labute approximate surface area is 116 Å². The highest BCUT2D eigenvalue weighted by molar-refractivity contribution is 5.78. The van der Waals surface area contributed by atoms with E-state index in [0.29, 0.717) is 19.0 Å². The summed E-state index contributed by atoms with van der Waals surface area (Å²) < 4.78 is 5.21. The van der Waals surface area contributed by atoms with Crippen LogP contribution in [0.3, 0.4) is 0 Å². The topological polar surface area (TPSA) is 88.7 Å². The molecule has 0 saturated carbocycles. The molecule has 0 fully saturated rings. The molecule has 0 aliphatic rings. The maximum absolute atomic E-state index is 11.3. The largest absolute Gasteiger partial charge is 0.382 e. The average molecular weight is 272 g/mol. The van der Waals surface area contributed by atoms with Crippen LogP contribution in [0.25, 0.3) is 0 Å². The fraction of sp³-hybridized carbons (Fsp3) is 0.846. The van der Waals surface area contributed by atoms with Gasteiger partial charge in [-0.1, -0.05) is 13.8 Å². The normalized spacial score (nSPS) is 11.7. The Hall–Kier alpha value is -1.30. The van der Waals surface area contributed by atoms with Crippen LogP contribution >= 0.6 is 0 Å². The van der Waals surface area contributed by atoms with Crippen molar-refractivity contribution in [3.8, 4) is 0 Å². The van der Waals surface area contributed by atoms with Crippen molar-refractivity contribution < 1.29 is 9.53 Å². The molecule has 6 heteroatoms. The lowest BCUT2D eigenvalue weighted by atomic mass is 10.2. The summed E-state index contributed by atoms with van der Waals surface area (Å²) in [6.45, 7) is 9.21. The first-order chi connectivity index (χ1) is 9.07. The Morgan fingerprint density at radius 2 is 1.95 bits per heavy atom. The molecule has 0 aromatic rings. The number of nitrogens with one attached hydrogen (secondary N) is 2. The van der Waals surface area contributed by atoms with E-state index in [2.05, 4.69) is 15.6 Å². The molecule has 0 heterocycles. The molecule has 0 spiro atoms. The van der Waals surface area contributed by atoms with E-state index in [1.807, 2.05) is 20.8 Å². The first kappa shape index (κ1) is 17.7. The van der Waals surface area contributed by atoms with Gasteiger partial charge in [0.15, 0.2) is 5.96 Å². The molecule has 0 aliphatic carbocycles. The predicted molar refractivity (Wildman–Crippen MR) is 78.1 cm³/mol. The van der Waals surface area contributed by atoms with E-state index < -0.39 is 0 Å². The van der Waals surface area contributed by atoms with Gasteiger partial charge in [-0.25, -0.2) is 0 Å². The van der Waals surface area contributed by atoms with Gasteiger partial charge >= 0.3 is 0 Å². The van der Waals surface area contributed by atoms with Crippen LogP contribution in [0.2, 0.25) is 0 Å². The van der Waals surface area contributed by atoms with Crippen LogP contribution in [0.4, 0.5) is 0 Å². The molecule has 0 radical (unpaired) electrons. The molecule has 0 aliphatic heterocycles. The number of hydrogen-bond acceptors (Lipinski definition) is 3. The fourth-order valence-corrected chi connectivity index (χ4v) is 1.29. The molecule has 112 valence electrons. The van der Waals surface area contributed by atoms with Gasteiger partial charge in [0, 0.05) is 38.8 Å². The van der Waals surface area contributed by atoms with Gasteiger partial charge in [0.2, 0.25) is 5.91 Å². The lowest BCUT2D eigenvalue weighted by Gasteiger charge is -2.07. The molecule has 0 unspecified atom stereocenters. The number of guanidine groups is 1. The molecule has 0 atom stereocenters. The minimum absolute atomic E-state index is 0.0283. The molecule has 0 aromatic carbocycles. The van der Waals surface area contributed by atoms with Crippen molar-refractivity contribution in [2.24, 2.45) is 16.6 Å². The van der Waals surface area contributed by atoms with Crippen molar-refractivity contribution in [3.63, 3.8) is 0 Å². The number of carbonyl (C=O) groups is 1. The number of ether oxygens (including phenoxy) is 1. The average Bonchev–Trinajstić information content (AvgIpc) is 2.37. The van der Waals surface area contributed by atoms with Crippen molar-refractivity contribution >= 4 is 11.9 Å². The highest BCUT2D eigenvalue weighted by atomic mass is 16.5. The van der Waals surface area contributed by atoms with Crippen LogP contribution in [-0.2, 0) is 9.53 Å². The number of nitrogens with two attached hydrogens (primary N) is 1. The van der Waals surface area contributed by atoms with Crippen molar-refractivity contribution in [2.45, 2.75) is 33.6 Å².